The molecule has 8 heteroatoms. The predicted octanol–water partition coefficient (Wildman–Crippen LogP) is 0.312. The van der Waals surface area contributed by atoms with Gasteiger partial charge >= 0.3 is 0 Å². The molecule has 0 fully saturated rings. The Bertz CT molecular complexity index is 679. The number of nitrogens with one attached hydrogen (secondary N) is 2. The third-order valence-electron chi connectivity index (χ3n) is 2.76. The van der Waals surface area contributed by atoms with Crippen LogP contribution in [0.1, 0.15) is 17.5 Å². The van der Waals surface area contributed by atoms with Crippen LogP contribution in [-0.4, -0.2) is 30.0 Å². The van der Waals surface area contributed by atoms with Crippen LogP contribution in [0.25, 0.3) is 0 Å². The highest BCUT2D eigenvalue weighted by molar-refractivity contribution is 7.89. The molecule has 0 bridgehead atoms. The van der Waals surface area contributed by atoms with Gasteiger partial charge in [-0.1, -0.05) is 12.1 Å². The molecular formula is C12H16N4O3S. The number of hydrogen-bond donors (Lipinski definition) is 4. The summed E-state index contributed by atoms with van der Waals surface area (Å²) < 4.78 is 26.2. The van der Waals surface area contributed by atoms with E-state index in [0.29, 0.717) is 17.1 Å². The van der Waals surface area contributed by atoms with Crippen molar-refractivity contribution in [3.63, 3.8) is 0 Å². The Labute approximate surface area is 116 Å². The molecule has 1 heterocycles. The Morgan fingerprint density at radius 2 is 2.05 bits per heavy atom. The average Bonchev–Trinajstić information content (AvgIpc) is 2.84. The summed E-state index contributed by atoms with van der Waals surface area (Å²) in [6.07, 6.45) is 0.280. The van der Waals surface area contributed by atoms with Crippen molar-refractivity contribution >= 4 is 15.7 Å². The molecule has 108 valence electrons. The SMILES string of the molecule is Cc1ncc(S(=O)(=O)NCC(O)c2ccc(N)cc2)[nH]1. The number of aliphatic hydroxyl groups is 1. The second-order valence-electron chi connectivity index (χ2n) is 4.37. The van der Waals surface area contributed by atoms with Crippen LogP contribution in [0.5, 0.6) is 0 Å². The molecule has 0 amide bonds. The van der Waals surface area contributed by atoms with Crippen molar-refractivity contribution in [3.05, 3.63) is 41.9 Å². The fourth-order valence-electron chi connectivity index (χ4n) is 1.64. The zero-order valence-corrected chi connectivity index (χ0v) is 11.7. The summed E-state index contributed by atoms with van der Waals surface area (Å²) in [7, 11) is -3.70. The molecular weight excluding hydrogens is 280 g/mol. The molecule has 1 unspecified atom stereocenters. The smallest absolute Gasteiger partial charge is 0.257 e. The van der Waals surface area contributed by atoms with Gasteiger partial charge in [-0.2, -0.15) is 0 Å². The lowest BCUT2D eigenvalue weighted by molar-refractivity contribution is 0.182. The number of rotatable bonds is 5. The molecule has 0 saturated heterocycles. The lowest BCUT2D eigenvalue weighted by Gasteiger charge is -2.12. The highest BCUT2D eigenvalue weighted by atomic mass is 32.2. The van der Waals surface area contributed by atoms with E-state index in [1.54, 1.807) is 31.2 Å². The zero-order chi connectivity index (χ0) is 14.8. The standard InChI is InChI=1S/C12H16N4O3S/c1-8-14-7-12(16-8)20(18,19)15-6-11(17)9-2-4-10(13)5-3-9/h2-5,7,11,15,17H,6,13H2,1H3,(H,14,16). The molecule has 0 radical (unpaired) electrons. The van der Waals surface area contributed by atoms with Gasteiger partial charge < -0.3 is 15.8 Å². The number of aromatic amines is 1. The first-order valence-corrected chi connectivity index (χ1v) is 7.41. The van der Waals surface area contributed by atoms with Gasteiger partial charge in [0.15, 0.2) is 5.03 Å². The van der Waals surface area contributed by atoms with Crippen LogP contribution >= 0.6 is 0 Å². The van der Waals surface area contributed by atoms with Crippen LogP contribution in [0.15, 0.2) is 35.5 Å². The van der Waals surface area contributed by atoms with E-state index in [0.717, 1.165) is 0 Å². The van der Waals surface area contributed by atoms with Crippen molar-refractivity contribution < 1.29 is 13.5 Å². The summed E-state index contributed by atoms with van der Waals surface area (Å²) in [5.41, 5.74) is 6.71. The van der Waals surface area contributed by atoms with Crippen LogP contribution in [0.3, 0.4) is 0 Å². The van der Waals surface area contributed by atoms with Crippen LogP contribution in [0, 0.1) is 6.92 Å². The summed E-state index contributed by atoms with van der Waals surface area (Å²) in [5, 5.41) is 9.91. The molecule has 1 aromatic carbocycles. The Morgan fingerprint density at radius 1 is 1.40 bits per heavy atom. The Kier molecular flexibility index (Phi) is 4.07. The maximum Gasteiger partial charge on any atom is 0.257 e. The van der Waals surface area contributed by atoms with E-state index >= 15 is 0 Å². The molecule has 7 nitrogen and oxygen atoms in total. The first-order valence-electron chi connectivity index (χ1n) is 5.93. The second kappa shape index (κ2) is 5.61. The number of anilines is 1. The summed E-state index contributed by atoms with van der Waals surface area (Å²) in [4.78, 5) is 6.45. The van der Waals surface area contributed by atoms with Gasteiger partial charge in [0.25, 0.3) is 10.0 Å². The number of nitrogens with zero attached hydrogens (tertiary/aromatic N) is 1. The minimum Gasteiger partial charge on any atom is -0.399 e. The van der Waals surface area contributed by atoms with E-state index in [-0.39, 0.29) is 11.6 Å². The topological polar surface area (TPSA) is 121 Å². The molecule has 1 aromatic heterocycles. The van der Waals surface area contributed by atoms with Crippen molar-refractivity contribution in [1.29, 1.82) is 0 Å². The van der Waals surface area contributed by atoms with Crippen LogP contribution in [-0.2, 0) is 10.0 Å². The van der Waals surface area contributed by atoms with Crippen LogP contribution in [0.4, 0.5) is 5.69 Å². The molecule has 0 aliphatic heterocycles. The second-order valence-corrected chi connectivity index (χ2v) is 6.10. The molecule has 0 saturated carbocycles. The summed E-state index contributed by atoms with van der Waals surface area (Å²) in [6, 6.07) is 6.58. The van der Waals surface area contributed by atoms with Crippen LogP contribution < -0.4 is 10.5 Å². The average molecular weight is 296 g/mol. The van der Waals surface area contributed by atoms with Gasteiger partial charge in [-0.15, -0.1) is 0 Å². The number of nitrogens with two attached hydrogens (primary N) is 1. The van der Waals surface area contributed by atoms with Crippen molar-refractivity contribution in [3.8, 4) is 0 Å². The van der Waals surface area contributed by atoms with Crippen molar-refractivity contribution in [1.82, 2.24) is 14.7 Å². The van der Waals surface area contributed by atoms with E-state index < -0.39 is 16.1 Å². The van der Waals surface area contributed by atoms with E-state index in [1.165, 1.54) is 6.20 Å². The first-order chi connectivity index (χ1) is 9.38. The predicted molar refractivity (Wildman–Crippen MR) is 74.3 cm³/mol. The number of sulfonamides is 1. The lowest BCUT2D eigenvalue weighted by Crippen LogP contribution is -2.28. The van der Waals surface area contributed by atoms with E-state index in [9.17, 15) is 13.5 Å². The van der Waals surface area contributed by atoms with Crippen LogP contribution in [0.2, 0.25) is 0 Å². The number of aliphatic hydroxyl groups excluding tert-OH is 1. The molecule has 0 aliphatic rings. The van der Waals surface area contributed by atoms with Gasteiger partial charge in [-0.3, -0.25) is 0 Å². The number of nitrogen functional groups attached to an aromatic ring is 1. The van der Waals surface area contributed by atoms with E-state index in [4.69, 9.17) is 5.73 Å². The van der Waals surface area contributed by atoms with Gasteiger partial charge in [-0.25, -0.2) is 18.1 Å². The Balaban J connectivity index is 2.03. The van der Waals surface area contributed by atoms with Crippen molar-refractivity contribution in [2.45, 2.75) is 18.1 Å². The number of H-pyrrole nitrogens is 1. The van der Waals surface area contributed by atoms with Crippen molar-refractivity contribution in [2.24, 2.45) is 0 Å². The normalized spacial score (nSPS) is 13.3. The summed E-state index contributed by atoms with van der Waals surface area (Å²) in [6.45, 7) is 1.52. The first kappa shape index (κ1) is 14.5. The Hall–Kier alpha value is -1.90. The zero-order valence-electron chi connectivity index (χ0n) is 10.9. The largest absolute Gasteiger partial charge is 0.399 e. The maximum atomic E-state index is 11.9. The highest BCUT2D eigenvalue weighted by Gasteiger charge is 2.18. The molecule has 2 rings (SSSR count). The third-order valence-corrected chi connectivity index (χ3v) is 4.09. The number of aryl methyl sites for hydroxylation is 1. The fraction of sp³-hybridized carbons (Fsp3) is 0.250. The number of aromatic nitrogens is 2. The van der Waals surface area contributed by atoms with Gasteiger partial charge in [-0.05, 0) is 24.6 Å². The summed E-state index contributed by atoms with van der Waals surface area (Å²) in [5.74, 6) is 0.504. The van der Waals surface area contributed by atoms with Gasteiger partial charge in [0.2, 0.25) is 0 Å². The van der Waals surface area contributed by atoms with Gasteiger partial charge in [0.05, 0.1) is 12.3 Å². The highest BCUT2D eigenvalue weighted by Crippen LogP contribution is 2.15. The molecule has 0 spiro atoms. The molecule has 2 aromatic rings. The molecule has 5 N–H and O–H groups in total. The fourth-order valence-corrected chi connectivity index (χ4v) is 2.64. The molecule has 0 aliphatic carbocycles. The minimum absolute atomic E-state index is 0.0282. The third kappa shape index (κ3) is 3.35. The van der Waals surface area contributed by atoms with Gasteiger partial charge in [0, 0.05) is 12.2 Å². The lowest BCUT2D eigenvalue weighted by atomic mass is 10.1. The molecule has 20 heavy (non-hydrogen) atoms. The monoisotopic (exact) mass is 296 g/mol. The van der Waals surface area contributed by atoms with E-state index in [1.807, 2.05) is 0 Å². The van der Waals surface area contributed by atoms with Gasteiger partial charge in [0.1, 0.15) is 5.82 Å². The number of imidazole rings is 1. The Morgan fingerprint density at radius 3 is 2.60 bits per heavy atom. The quantitative estimate of drug-likeness (QED) is 0.592. The maximum absolute atomic E-state index is 11.9. The summed E-state index contributed by atoms with van der Waals surface area (Å²) >= 11 is 0. The van der Waals surface area contributed by atoms with E-state index in [2.05, 4.69) is 14.7 Å². The van der Waals surface area contributed by atoms with Crippen molar-refractivity contribution in [2.75, 3.05) is 12.3 Å². The molecule has 1 atom stereocenters. The minimum atomic E-state index is -3.70. The number of benzene rings is 1. The number of hydrogen-bond acceptors (Lipinski definition) is 5.